The molecule has 0 radical (unpaired) electrons. The Kier molecular flexibility index (Phi) is 31.0. The Morgan fingerprint density at radius 1 is 0.690 bits per heavy atom. The molecule has 0 rings (SSSR count). The monoisotopic (exact) mass is 678 g/mol. The maximum absolute atomic E-state index is 12.4. The maximum atomic E-state index is 12.4. The van der Waals surface area contributed by atoms with Crippen molar-refractivity contribution in [3.63, 3.8) is 0 Å². The summed E-state index contributed by atoms with van der Waals surface area (Å²) in [4.78, 5) is 24.6. The molecular weight excluding hydrogens is 623 g/mol. The minimum atomic E-state index is -3.52. The van der Waals surface area contributed by atoms with Gasteiger partial charge >= 0.3 is 19.8 Å². The molecule has 0 N–H and O–H groups in total. The van der Waals surface area contributed by atoms with E-state index in [2.05, 4.69) is 13.2 Å². The highest BCUT2D eigenvalue weighted by atomic mass is 32.2. The number of unbranched alkanes of at least 4 members (excludes halogenated alkanes) is 3. The Bertz CT molecular complexity index is 680. The van der Waals surface area contributed by atoms with Gasteiger partial charge in [0.25, 0.3) is 0 Å². The van der Waals surface area contributed by atoms with Gasteiger partial charge in [-0.05, 0) is 57.3 Å². The molecule has 1 unspecified atom stereocenters. The van der Waals surface area contributed by atoms with Crippen LogP contribution in [0, 0.1) is 0 Å². The fourth-order valence-electron chi connectivity index (χ4n) is 3.28. The first-order valence-corrected chi connectivity index (χ1v) is 20.3. The smallest absolute Gasteiger partial charge is 0.462 e. The van der Waals surface area contributed by atoms with Crippen LogP contribution in [0.3, 0.4) is 0 Å². The molecule has 0 aromatic heterocycles. The largest absolute Gasteiger partial charge is 0.474 e. The minimum Gasteiger partial charge on any atom is -0.462 e. The Labute approximate surface area is 267 Å². The molecule has 14 heteroatoms. The standard InChI is InChI=1S/C28H55O10PS3/c1-5-8-9-14-28(30)38-26(25-42-21-12-15-37-39(31,35-6-2)36-7-3)24-34-27(29)13-10-11-20-41-23-19-33-17-16-32-18-22-40-4/h26H,5-25H2,1-4H3. The third kappa shape index (κ3) is 27.6. The zero-order chi connectivity index (χ0) is 31.2. The van der Waals surface area contributed by atoms with Crippen LogP contribution in [-0.4, -0.2) is 106 Å². The van der Waals surface area contributed by atoms with E-state index in [1.807, 2.05) is 11.8 Å². The minimum absolute atomic E-state index is 0.0405. The molecule has 0 bridgehead atoms. The summed E-state index contributed by atoms with van der Waals surface area (Å²) in [6.45, 7) is 8.98. The van der Waals surface area contributed by atoms with Crippen LogP contribution in [-0.2, 0) is 46.7 Å². The molecule has 1 atom stereocenters. The molecule has 0 fully saturated rings. The predicted octanol–water partition coefficient (Wildman–Crippen LogP) is 6.64. The van der Waals surface area contributed by atoms with Crippen LogP contribution >= 0.6 is 43.1 Å². The number of phosphoric acid groups is 1. The fourth-order valence-corrected chi connectivity index (χ4v) is 6.53. The Morgan fingerprint density at radius 3 is 2.00 bits per heavy atom. The van der Waals surface area contributed by atoms with E-state index in [9.17, 15) is 14.2 Å². The molecule has 250 valence electrons. The van der Waals surface area contributed by atoms with E-state index in [4.69, 9.17) is 32.5 Å². The zero-order valence-corrected chi connectivity index (χ0v) is 29.5. The topological polar surface area (TPSA) is 116 Å². The second-order valence-electron chi connectivity index (χ2n) is 9.08. The fraction of sp³-hybridized carbons (Fsp3) is 0.929. The first kappa shape index (κ1) is 42.0. The summed E-state index contributed by atoms with van der Waals surface area (Å²) in [5.74, 6) is 3.51. The lowest BCUT2D eigenvalue weighted by molar-refractivity contribution is -0.157. The number of thioether (sulfide) groups is 3. The van der Waals surface area contributed by atoms with E-state index < -0.39 is 13.9 Å². The van der Waals surface area contributed by atoms with Crippen LogP contribution in [0.2, 0.25) is 0 Å². The van der Waals surface area contributed by atoms with Crippen molar-refractivity contribution < 1.29 is 46.7 Å². The van der Waals surface area contributed by atoms with Gasteiger partial charge in [0.15, 0.2) is 0 Å². The SMILES string of the molecule is CCCCCC(=O)OC(COC(=O)CCCCSCCOCCOCCSC)CSCCCOP(=O)(OCC)OCC. The molecule has 0 spiro atoms. The molecule has 0 amide bonds. The first-order valence-electron chi connectivity index (χ1n) is 15.1. The Balaban J connectivity index is 4.18. The highest BCUT2D eigenvalue weighted by Gasteiger charge is 2.25. The van der Waals surface area contributed by atoms with Crippen LogP contribution in [0.15, 0.2) is 0 Å². The molecule has 0 aliphatic rings. The van der Waals surface area contributed by atoms with Gasteiger partial charge in [-0.15, -0.1) is 0 Å². The number of ether oxygens (including phenoxy) is 4. The maximum Gasteiger partial charge on any atom is 0.474 e. The summed E-state index contributed by atoms with van der Waals surface area (Å²) in [6.07, 6.45) is 7.29. The van der Waals surface area contributed by atoms with Gasteiger partial charge in [0.05, 0.1) is 46.2 Å². The third-order valence-corrected chi connectivity index (χ3v) is 9.81. The molecule has 42 heavy (non-hydrogen) atoms. The molecule has 0 aromatic rings. The van der Waals surface area contributed by atoms with Gasteiger partial charge in [-0.1, -0.05) is 19.8 Å². The zero-order valence-electron chi connectivity index (χ0n) is 26.2. The van der Waals surface area contributed by atoms with Gasteiger partial charge in [0.2, 0.25) is 0 Å². The number of carbonyl (C=O) groups is 2. The average molecular weight is 679 g/mol. The highest BCUT2D eigenvalue weighted by Crippen LogP contribution is 2.49. The first-order chi connectivity index (χ1) is 20.4. The van der Waals surface area contributed by atoms with E-state index in [1.165, 1.54) is 0 Å². The molecule has 0 aromatic carbocycles. The summed E-state index contributed by atoms with van der Waals surface area (Å²) >= 11 is 5.14. The third-order valence-electron chi connectivity index (χ3n) is 5.37. The van der Waals surface area contributed by atoms with Gasteiger partial charge in [0, 0.05) is 30.1 Å². The van der Waals surface area contributed by atoms with Crippen molar-refractivity contribution >= 4 is 55.0 Å². The van der Waals surface area contributed by atoms with Crippen LogP contribution < -0.4 is 0 Å². The van der Waals surface area contributed by atoms with Crippen molar-refractivity contribution in [2.75, 3.05) is 87.9 Å². The Hall–Kier alpha value is 0.0200. The molecule has 0 aliphatic carbocycles. The van der Waals surface area contributed by atoms with Crippen molar-refractivity contribution in [2.45, 2.75) is 78.2 Å². The summed E-state index contributed by atoms with van der Waals surface area (Å²) in [5, 5.41) is 0. The van der Waals surface area contributed by atoms with Crippen molar-refractivity contribution in [1.82, 2.24) is 0 Å². The second kappa shape index (κ2) is 31.0. The van der Waals surface area contributed by atoms with Gasteiger partial charge in [-0.2, -0.15) is 35.3 Å². The van der Waals surface area contributed by atoms with Gasteiger partial charge in [-0.3, -0.25) is 23.2 Å². The van der Waals surface area contributed by atoms with E-state index in [0.717, 1.165) is 56.0 Å². The quantitative estimate of drug-likeness (QED) is 0.0430. The van der Waals surface area contributed by atoms with E-state index in [0.29, 0.717) is 50.6 Å². The molecule has 0 aliphatic heterocycles. The predicted molar refractivity (Wildman–Crippen MR) is 175 cm³/mol. The molecular formula is C28H55O10PS3. The van der Waals surface area contributed by atoms with Gasteiger partial charge in [-0.25, -0.2) is 4.57 Å². The summed E-state index contributed by atoms with van der Waals surface area (Å²) in [6, 6.07) is 0. The summed E-state index contributed by atoms with van der Waals surface area (Å²) in [5.41, 5.74) is 0. The Morgan fingerprint density at radius 2 is 1.33 bits per heavy atom. The van der Waals surface area contributed by atoms with Crippen LogP contribution in [0.5, 0.6) is 0 Å². The lowest BCUT2D eigenvalue weighted by atomic mass is 10.2. The summed E-state index contributed by atoms with van der Waals surface area (Å²) < 4.78 is 50.0. The average Bonchev–Trinajstić information content (AvgIpc) is 2.96. The number of phosphoric ester groups is 1. The molecule has 0 saturated heterocycles. The van der Waals surface area contributed by atoms with Crippen LogP contribution in [0.25, 0.3) is 0 Å². The van der Waals surface area contributed by atoms with Crippen molar-refractivity contribution in [3.8, 4) is 0 Å². The number of rotatable bonds is 32. The van der Waals surface area contributed by atoms with Crippen molar-refractivity contribution in [2.24, 2.45) is 0 Å². The number of esters is 2. The van der Waals surface area contributed by atoms with Crippen molar-refractivity contribution in [1.29, 1.82) is 0 Å². The number of carbonyl (C=O) groups excluding carboxylic acids is 2. The van der Waals surface area contributed by atoms with E-state index in [-0.39, 0.29) is 38.4 Å². The lowest BCUT2D eigenvalue weighted by Crippen LogP contribution is -2.27. The van der Waals surface area contributed by atoms with E-state index >= 15 is 0 Å². The number of hydrogen-bond donors (Lipinski definition) is 0. The van der Waals surface area contributed by atoms with Crippen LogP contribution in [0.1, 0.15) is 72.1 Å². The highest BCUT2D eigenvalue weighted by molar-refractivity contribution is 7.99. The molecule has 10 nitrogen and oxygen atoms in total. The molecule has 0 saturated carbocycles. The van der Waals surface area contributed by atoms with Crippen LogP contribution in [0.4, 0.5) is 0 Å². The number of hydrogen-bond acceptors (Lipinski definition) is 13. The summed E-state index contributed by atoms with van der Waals surface area (Å²) in [7, 11) is -3.52. The van der Waals surface area contributed by atoms with Gasteiger partial charge < -0.3 is 18.9 Å². The normalized spacial score (nSPS) is 12.4. The second-order valence-corrected chi connectivity index (χ2v) is 14.1. The van der Waals surface area contributed by atoms with E-state index in [1.54, 1.807) is 37.4 Å². The lowest BCUT2D eigenvalue weighted by Gasteiger charge is -2.18. The molecule has 0 heterocycles. The van der Waals surface area contributed by atoms with Gasteiger partial charge in [0.1, 0.15) is 12.7 Å². The van der Waals surface area contributed by atoms with Crippen molar-refractivity contribution in [3.05, 3.63) is 0 Å².